The van der Waals surface area contributed by atoms with E-state index in [0.29, 0.717) is 6.04 Å². The van der Waals surface area contributed by atoms with Crippen LogP contribution in [0.5, 0.6) is 0 Å². The predicted molar refractivity (Wildman–Crippen MR) is 113 cm³/mol. The van der Waals surface area contributed by atoms with Crippen LogP contribution in [0.1, 0.15) is 61.3 Å². The minimum absolute atomic E-state index is 0.232. The fourth-order valence-electron chi connectivity index (χ4n) is 4.34. The van der Waals surface area contributed by atoms with Crippen molar-refractivity contribution in [1.29, 1.82) is 0 Å². The van der Waals surface area contributed by atoms with E-state index in [-0.39, 0.29) is 5.41 Å². The Morgan fingerprint density at radius 1 is 1.11 bits per heavy atom. The molecule has 1 atom stereocenters. The van der Waals surface area contributed by atoms with Crippen LogP contribution in [0, 0.1) is 19.3 Å². The Labute approximate surface area is 167 Å². The number of hydrogen-bond donors (Lipinski definition) is 1. The van der Waals surface area contributed by atoms with Crippen LogP contribution >= 0.6 is 0 Å². The van der Waals surface area contributed by atoms with Crippen LogP contribution in [-0.2, 0) is 19.5 Å². The van der Waals surface area contributed by atoms with Crippen molar-refractivity contribution in [2.45, 2.75) is 66.6 Å². The van der Waals surface area contributed by atoms with Gasteiger partial charge in [-0.25, -0.2) is 4.68 Å². The van der Waals surface area contributed by atoms with Gasteiger partial charge in [0.25, 0.3) is 0 Å². The third-order valence-electron chi connectivity index (χ3n) is 6.00. The maximum Gasteiger partial charge on any atom is 0.0649 e. The maximum absolute atomic E-state index is 4.76. The zero-order valence-corrected chi connectivity index (χ0v) is 17.7. The summed E-state index contributed by atoms with van der Waals surface area (Å²) in [4.78, 5) is 0. The molecule has 0 spiro atoms. The number of fused-ring (bicyclic) bond motifs is 1. The molecule has 4 rings (SSSR count). The van der Waals surface area contributed by atoms with Gasteiger partial charge in [0, 0.05) is 41.6 Å². The highest BCUT2D eigenvalue weighted by molar-refractivity contribution is 5.39. The van der Waals surface area contributed by atoms with Gasteiger partial charge in [0.1, 0.15) is 0 Å². The highest BCUT2D eigenvalue weighted by Crippen LogP contribution is 2.41. The van der Waals surface area contributed by atoms with Crippen molar-refractivity contribution < 1.29 is 0 Å². The van der Waals surface area contributed by atoms with Gasteiger partial charge in [0.15, 0.2) is 0 Å². The van der Waals surface area contributed by atoms with Crippen molar-refractivity contribution >= 4 is 0 Å². The Morgan fingerprint density at radius 3 is 2.54 bits per heavy atom. The molecular weight excluding hydrogens is 346 g/mol. The van der Waals surface area contributed by atoms with Crippen LogP contribution in [0.2, 0.25) is 0 Å². The lowest BCUT2D eigenvalue weighted by Crippen LogP contribution is -2.33. The van der Waals surface area contributed by atoms with Gasteiger partial charge < -0.3 is 5.32 Å². The molecule has 0 amide bonds. The third-order valence-corrected chi connectivity index (χ3v) is 6.00. The normalized spacial score (nSPS) is 18.2. The van der Waals surface area contributed by atoms with E-state index >= 15 is 0 Å². The minimum atomic E-state index is 0.232. The molecule has 0 fully saturated rings. The average Bonchev–Trinajstić information content (AvgIpc) is 3.23. The first-order chi connectivity index (χ1) is 13.4. The van der Waals surface area contributed by atoms with Gasteiger partial charge in [-0.1, -0.05) is 31.5 Å². The van der Waals surface area contributed by atoms with Crippen LogP contribution < -0.4 is 5.32 Å². The molecule has 2 heterocycles. The molecule has 5 heteroatoms. The number of aryl methyl sites for hydroxylation is 2. The van der Waals surface area contributed by atoms with Crippen molar-refractivity contribution in [3.63, 3.8) is 0 Å². The maximum atomic E-state index is 4.76. The van der Waals surface area contributed by atoms with Crippen LogP contribution in [0.4, 0.5) is 0 Å². The highest BCUT2D eigenvalue weighted by Gasteiger charge is 2.35. The second kappa shape index (κ2) is 7.21. The summed E-state index contributed by atoms with van der Waals surface area (Å²) >= 11 is 0. The Morgan fingerprint density at radius 2 is 1.86 bits per heavy atom. The molecule has 1 aliphatic carbocycles. The first-order valence-electron chi connectivity index (χ1n) is 10.3. The van der Waals surface area contributed by atoms with Crippen molar-refractivity contribution in [2.24, 2.45) is 5.41 Å². The number of aromatic nitrogens is 4. The summed E-state index contributed by atoms with van der Waals surface area (Å²) < 4.78 is 4.19. The largest absolute Gasteiger partial charge is 0.306 e. The van der Waals surface area contributed by atoms with E-state index in [2.05, 4.69) is 84.9 Å². The van der Waals surface area contributed by atoms with Crippen molar-refractivity contribution in [2.75, 3.05) is 0 Å². The summed E-state index contributed by atoms with van der Waals surface area (Å²) in [5.41, 5.74) is 7.84. The van der Waals surface area contributed by atoms with Gasteiger partial charge >= 0.3 is 0 Å². The first-order valence-corrected chi connectivity index (χ1v) is 10.3. The number of rotatable bonds is 5. The molecule has 1 unspecified atom stereocenters. The highest BCUT2D eigenvalue weighted by atomic mass is 15.3. The molecule has 0 bridgehead atoms. The molecule has 3 aromatic rings. The molecule has 1 aromatic carbocycles. The van der Waals surface area contributed by atoms with Gasteiger partial charge in [-0.05, 0) is 51.2 Å². The monoisotopic (exact) mass is 377 g/mol. The van der Waals surface area contributed by atoms with E-state index < -0.39 is 0 Å². The SMILES string of the molecule is CCn1ncc(CNC2CC(C)(C)Cc3c2cnn3-c2ccc(C)cc2)c1C. The summed E-state index contributed by atoms with van der Waals surface area (Å²) in [5, 5.41) is 13.0. The molecule has 5 nitrogen and oxygen atoms in total. The zero-order chi connectivity index (χ0) is 19.9. The van der Waals surface area contributed by atoms with Crippen molar-refractivity contribution in [3.05, 3.63) is 64.7 Å². The molecule has 0 radical (unpaired) electrons. The molecule has 0 aliphatic heterocycles. The minimum Gasteiger partial charge on any atom is -0.306 e. The zero-order valence-electron chi connectivity index (χ0n) is 17.7. The lowest BCUT2D eigenvalue weighted by Gasteiger charge is -2.36. The Balaban J connectivity index is 1.62. The molecule has 0 saturated heterocycles. The molecule has 28 heavy (non-hydrogen) atoms. The first kappa shape index (κ1) is 18.9. The molecule has 1 N–H and O–H groups in total. The van der Waals surface area contributed by atoms with Gasteiger partial charge in [0.05, 0.1) is 18.1 Å². The fourth-order valence-corrected chi connectivity index (χ4v) is 4.34. The smallest absolute Gasteiger partial charge is 0.0649 e. The quantitative estimate of drug-likeness (QED) is 0.712. The second-order valence-electron chi connectivity index (χ2n) is 8.84. The average molecular weight is 378 g/mol. The number of nitrogens with one attached hydrogen (secondary N) is 1. The molecule has 0 saturated carbocycles. The topological polar surface area (TPSA) is 47.7 Å². The van der Waals surface area contributed by atoms with E-state index in [1.54, 1.807) is 0 Å². The van der Waals surface area contributed by atoms with Gasteiger partial charge in [-0.3, -0.25) is 4.68 Å². The van der Waals surface area contributed by atoms with Gasteiger partial charge in [-0.2, -0.15) is 10.2 Å². The number of hydrogen-bond acceptors (Lipinski definition) is 3. The van der Waals surface area contributed by atoms with Crippen LogP contribution in [0.15, 0.2) is 36.7 Å². The van der Waals surface area contributed by atoms with E-state index in [0.717, 1.165) is 31.6 Å². The number of benzene rings is 1. The Bertz CT molecular complexity index is 962. The molecule has 148 valence electrons. The standard InChI is InChI=1S/C23H31N5/c1-6-27-17(3)18(14-25-27)13-24-21-11-23(4,5)12-22-20(21)15-26-28(22)19-9-7-16(2)8-10-19/h7-10,14-15,21,24H,6,11-13H2,1-5H3. The fraction of sp³-hybridized carbons (Fsp3) is 0.478. The van der Waals surface area contributed by atoms with Crippen molar-refractivity contribution in [1.82, 2.24) is 24.9 Å². The van der Waals surface area contributed by atoms with E-state index in [1.165, 1.54) is 28.1 Å². The van der Waals surface area contributed by atoms with Gasteiger partial charge in [-0.15, -0.1) is 0 Å². The summed E-state index contributed by atoms with van der Waals surface area (Å²) in [5.74, 6) is 0. The second-order valence-corrected chi connectivity index (χ2v) is 8.84. The third kappa shape index (κ3) is 3.51. The van der Waals surface area contributed by atoms with Crippen LogP contribution in [0.25, 0.3) is 5.69 Å². The Hall–Kier alpha value is -2.40. The molecule has 2 aromatic heterocycles. The summed E-state index contributed by atoms with van der Waals surface area (Å²) in [6.45, 7) is 12.9. The lowest BCUT2D eigenvalue weighted by atomic mass is 9.74. The van der Waals surface area contributed by atoms with Crippen molar-refractivity contribution in [3.8, 4) is 5.69 Å². The van der Waals surface area contributed by atoms with E-state index in [4.69, 9.17) is 5.10 Å². The molecular formula is C23H31N5. The number of nitrogens with zero attached hydrogens (tertiary/aromatic N) is 4. The van der Waals surface area contributed by atoms with E-state index in [9.17, 15) is 0 Å². The van der Waals surface area contributed by atoms with Gasteiger partial charge in [0.2, 0.25) is 0 Å². The summed E-state index contributed by atoms with van der Waals surface area (Å²) in [7, 11) is 0. The van der Waals surface area contributed by atoms with E-state index in [1.807, 2.05) is 6.20 Å². The molecule has 1 aliphatic rings. The predicted octanol–water partition coefficient (Wildman–Crippen LogP) is 4.51. The van der Waals surface area contributed by atoms with Crippen LogP contribution in [-0.4, -0.2) is 19.6 Å². The summed E-state index contributed by atoms with van der Waals surface area (Å²) in [6, 6.07) is 8.94. The Kier molecular flexibility index (Phi) is 4.88. The summed E-state index contributed by atoms with van der Waals surface area (Å²) in [6.07, 6.45) is 6.21. The lowest BCUT2D eigenvalue weighted by molar-refractivity contribution is 0.252. The van der Waals surface area contributed by atoms with Crippen LogP contribution in [0.3, 0.4) is 0 Å².